The molecule has 0 aliphatic heterocycles. The quantitative estimate of drug-likeness (QED) is 0.710. The zero-order valence-electron chi connectivity index (χ0n) is 11.0. The van der Waals surface area contributed by atoms with E-state index in [1.807, 2.05) is 30.3 Å². The summed E-state index contributed by atoms with van der Waals surface area (Å²) in [5, 5.41) is 12.4. The van der Waals surface area contributed by atoms with Gasteiger partial charge in [0, 0.05) is 9.86 Å². The smallest absolute Gasteiger partial charge is 0.126 e. The van der Waals surface area contributed by atoms with E-state index in [9.17, 15) is 5.11 Å². The van der Waals surface area contributed by atoms with Crippen molar-refractivity contribution in [3.05, 3.63) is 76.3 Å². The van der Waals surface area contributed by atoms with Crippen LogP contribution in [0.2, 0.25) is 0 Å². The lowest BCUT2D eigenvalue weighted by atomic mass is 10.00. The summed E-state index contributed by atoms with van der Waals surface area (Å²) in [6.07, 6.45) is 1.78. The van der Waals surface area contributed by atoms with Gasteiger partial charge in [0.15, 0.2) is 0 Å². The largest absolute Gasteiger partial charge is 0.507 e. The predicted octanol–water partition coefficient (Wildman–Crippen LogP) is 5.09. The van der Waals surface area contributed by atoms with Gasteiger partial charge in [0.05, 0.1) is 0 Å². The van der Waals surface area contributed by atoms with Gasteiger partial charge in [-0.25, -0.2) is 0 Å². The average Bonchev–Trinajstić information content (AvgIpc) is 2.49. The first-order chi connectivity index (χ1) is 9.74. The molecule has 3 aromatic rings. The number of benzene rings is 3. The Balaban J connectivity index is 1.84. The molecule has 100 valence electrons. The van der Waals surface area contributed by atoms with Crippen LogP contribution in [0.15, 0.2) is 65.1 Å². The van der Waals surface area contributed by atoms with E-state index >= 15 is 0 Å². The Morgan fingerprint density at radius 2 is 1.55 bits per heavy atom. The van der Waals surface area contributed by atoms with Crippen LogP contribution in [0, 0.1) is 0 Å². The standard InChI is InChI=1S/C18H15BrO/c19-16-11-6-13(7-12-16)5-8-15-10-9-14-3-1-2-4-17(14)18(15)20/h1-4,6-7,9-12,20H,5,8H2. The maximum absolute atomic E-state index is 10.4. The van der Waals surface area contributed by atoms with Crippen LogP contribution in [-0.2, 0) is 12.8 Å². The van der Waals surface area contributed by atoms with E-state index in [1.54, 1.807) is 0 Å². The molecule has 0 atom stereocenters. The van der Waals surface area contributed by atoms with Gasteiger partial charge in [-0.15, -0.1) is 0 Å². The van der Waals surface area contributed by atoms with Crippen LogP contribution in [0.4, 0.5) is 0 Å². The van der Waals surface area contributed by atoms with Crippen molar-refractivity contribution >= 4 is 26.7 Å². The lowest BCUT2D eigenvalue weighted by Gasteiger charge is -2.08. The Bertz CT molecular complexity index is 732. The molecule has 0 spiro atoms. The number of phenols is 1. The van der Waals surface area contributed by atoms with Crippen molar-refractivity contribution < 1.29 is 5.11 Å². The number of hydrogen-bond donors (Lipinski definition) is 1. The van der Waals surface area contributed by atoms with Gasteiger partial charge >= 0.3 is 0 Å². The first-order valence-corrected chi connectivity index (χ1v) is 7.47. The van der Waals surface area contributed by atoms with Gasteiger partial charge in [-0.3, -0.25) is 0 Å². The molecule has 0 saturated heterocycles. The maximum Gasteiger partial charge on any atom is 0.126 e. The van der Waals surface area contributed by atoms with Gasteiger partial charge in [-0.1, -0.05) is 64.5 Å². The molecule has 0 heterocycles. The van der Waals surface area contributed by atoms with Crippen LogP contribution in [0.5, 0.6) is 5.75 Å². The van der Waals surface area contributed by atoms with Crippen LogP contribution >= 0.6 is 15.9 Å². The van der Waals surface area contributed by atoms with Crippen molar-refractivity contribution in [2.75, 3.05) is 0 Å². The van der Waals surface area contributed by atoms with Crippen molar-refractivity contribution in [3.8, 4) is 5.75 Å². The minimum Gasteiger partial charge on any atom is -0.507 e. The van der Waals surface area contributed by atoms with Crippen molar-refractivity contribution in [2.24, 2.45) is 0 Å². The third-order valence-corrected chi connectivity index (χ3v) is 4.11. The number of aromatic hydroxyl groups is 1. The second kappa shape index (κ2) is 5.68. The molecule has 3 rings (SSSR count). The summed E-state index contributed by atoms with van der Waals surface area (Å²) in [5.74, 6) is 0.417. The normalized spacial score (nSPS) is 10.8. The molecule has 0 fully saturated rings. The van der Waals surface area contributed by atoms with E-state index in [0.29, 0.717) is 5.75 Å². The molecule has 3 aromatic carbocycles. The lowest BCUT2D eigenvalue weighted by Crippen LogP contribution is -1.92. The van der Waals surface area contributed by atoms with Crippen molar-refractivity contribution in [1.29, 1.82) is 0 Å². The van der Waals surface area contributed by atoms with Crippen LogP contribution in [0.1, 0.15) is 11.1 Å². The Morgan fingerprint density at radius 1 is 0.800 bits per heavy atom. The first kappa shape index (κ1) is 13.2. The van der Waals surface area contributed by atoms with Crippen molar-refractivity contribution in [1.82, 2.24) is 0 Å². The topological polar surface area (TPSA) is 20.2 Å². The summed E-state index contributed by atoms with van der Waals surface area (Å²) in [7, 11) is 0. The molecule has 0 amide bonds. The first-order valence-electron chi connectivity index (χ1n) is 6.68. The monoisotopic (exact) mass is 326 g/mol. The highest BCUT2D eigenvalue weighted by Crippen LogP contribution is 2.29. The summed E-state index contributed by atoms with van der Waals surface area (Å²) >= 11 is 3.44. The molecule has 0 saturated carbocycles. The molecule has 0 bridgehead atoms. The second-order valence-corrected chi connectivity index (χ2v) is 5.84. The van der Waals surface area contributed by atoms with Crippen LogP contribution in [0.25, 0.3) is 10.8 Å². The molecule has 0 aromatic heterocycles. The van der Waals surface area contributed by atoms with E-state index in [4.69, 9.17) is 0 Å². The number of aryl methyl sites for hydroxylation is 2. The summed E-state index contributed by atoms with van der Waals surface area (Å²) in [6, 6.07) is 20.4. The predicted molar refractivity (Wildman–Crippen MR) is 87.2 cm³/mol. The molecule has 1 N–H and O–H groups in total. The molecule has 0 unspecified atom stereocenters. The van der Waals surface area contributed by atoms with Gasteiger partial charge < -0.3 is 5.11 Å². The van der Waals surface area contributed by atoms with Gasteiger partial charge in [-0.05, 0) is 41.5 Å². The molecular weight excluding hydrogens is 312 g/mol. The van der Waals surface area contributed by atoms with E-state index in [0.717, 1.165) is 33.7 Å². The number of halogens is 1. The number of rotatable bonds is 3. The van der Waals surface area contributed by atoms with E-state index in [-0.39, 0.29) is 0 Å². The maximum atomic E-state index is 10.4. The SMILES string of the molecule is Oc1c(CCc2ccc(Br)cc2)ccc2ccccc12. The lowest BCUT2D eigenvalue weighted by molar-refractivity contribution is 0.474. The Morgan fingerprint density at radius 3 is 2.35 bits per heavy atom. The number of hydrogen-bond acceptors (Lipinski definition) is 1. The zero-order valence-corrected chi connectivity index (χ0v) is 12.6. The van der Waals surface area contributed by atoms with E-state index < -0.39 is 0 Å². The van der Waals surface area contributed by atoms with Gasteiger partial charge in [0.25, 0.3) is 0 Å². The third-order valence-electron chi connectivity index (χ3n) is 3.58. The zero-order chi connectivity index (χ0) is 13.9. The molecule has 0 aliphatic carbocycles. The van der Waals surface area contributed by atoms with Gasteiger partial charge in [0.1, 0.15) is 5.75 Å². The molecule has 0 radical (unpaired) electrons. The summed E-state index contributed by atoms with van der Waals surface area (Å²) in [6.45, 7) is 0. The average molecular weight is 327 g/mol. The van der Waals surface area contributed by atoms with Gasteiger partial charge in [0.2, 0.25) is 0 Å². The van der Waals surface area contributed by atoms with E-state index in [2.05, 4.69) is 46.3 Å². The van der Waals surface area contributed by atoms with Gasteiger partial charge in [-0.2, -0.15) is 0 Å². The van der Waals surface area contributed by atoms with Crippen LogP contribution < -0.4 is 0 Å². The number of fused-ring (bicyclic) bond motifs is 1. The summed E-state index contributed by atoms with van der Waals surface area (Å²) in [4.78, 5) is 0. The Labute approximate surface area is 127 Å². The molecule has 1 nitrogen and oxygen atoms in total. The third kappa shape index (κ3) is 2.70. The highest BCUT2D eigenvalue weighted by Gasteiger charge is 2.06. The van der Waals surface area contributed by atoms with Crippen LogP contribution in [-0.4, -0.2) is 5.11 Å². The molecular formula is C18H15BrO. The minimum atomic E-state index is 0.417. The highest BCUT2D eigenvalue weighted by molar-refractivity contribution is 9.10. The van der Waals surface area contributed by atoms with Crippen LogP contribution in [0.3, 0.4) is 0 Å². The fourth-order valence-electron chi connectivity index (χ4n) is 2.43. The summed E-state index contributed by atoms with van der Waals surface area (Å²) < 4.78 is 1.09. The van der Waals surface area contributed by atoms with Crippen molar-refractivity contribution in [2.45, 2.75) is 12.8 Å². The highest BCUT2D eigenvalue weighted by atomic mass is 79.9. The fourth-order valence-corrected chi connectivity index (χ4v) is 2.70. The van der Waals surface area contributed by atoms with E-state index in [1.165, 1.54) is 5.56 Å². The van der Waals surface area contributed by atoms with Crippen molar-refractivity contribution in [3.63, 3.8) is 0 Å². The fraction of sp³-hybridized carbons (Fsp3) is 0.111. The minimum absolute atomic E-state index is 0.417. The molecule has 0 aliphatic rings. The Kier molecular flexibility index (Phi) is 3.75. The molecule has 20 heavy (non-hydrogen) atoms. The summed E-state index contributed by atoms with van der Waals surface area (Å²) in [5.41, 5.74) is 2.28. The Hall–Kier alpha value is -1.80. The second-order valence-electron chi connectivity index (χ2n) is 4.92. The number of phenolic OH excluding ortho intramolecular Hbond substituents is 1. The molecule has 2 heteroatoms.